The maximum Gasteiger partial charge on any atom is 0.393 e. The van der Waals surface area contributed by atoms with Gasteiger partial charge in [0.15, 0.2) is 0 Å². The van der Waals surface area contributed by atoms with E-state index >= 15 is 0 Å². The number of alkyl halides is 3. The third-order valence-electron chi connectivity index (χ3n) is 7.57. The van der Waals surface area contributed by atoms with Crippen LogP contribution < -0.4 is 5.32 Å². The molecule has 3 aliphatic rings. The molecule has 0 aliphatic carbocycles. The number of nitrogens with one attached hydrogen (secondary N) is 1. The van der Waals surface area contributed by atoms with Crippen LogP contribution in [0.1, 0.15) is 41.0 Å². The van der Waals surface area contributed by atoms with Gasteiger partial charge < -0.3 is 5.32 Å². The van der Waals surface area contributed by atoms with E-state index in [4.69, 9.17) is 0 Å². The van der Waals surface area contributed by atoms with E-state index in [0.29, 0.717) is 18.0 Å². The van der Waals surface area contributed by atoms with E-state index in [1.54, 1.807) is 12.1 Å². The lowest BCUT2D eigenvalue weighted by atomic mass is 9.70. The van der Waals surface area contributed by atoms with Crippen molar-refractivity contribution in [3.8, 4) is 0 Å². The Morgan fingerprint density at radius 2 is 1.29 bits per heavy atom. The van der Waals surface area contributed by atoms with Gasteiger partial charge in [0.1, 0.15) is 0 Å². The average Bonchev–Trinajstić information content (AvgIpc) is 2.85. The van der Waals surface area contributed by atoms with Crippen LogP contribution in [0.15, 0.2) is 84.9 Å². The molecule has 2 nitrogen and oxygen atoms in total. The molecule has 3 fully saturated rings. The molecule has 3 saturated heterocycles. The summed E-state index contributed by atoms with van der Waals surface area (Å²) in [7, 11) is 0. The van der Waals surface area contributed by atoms with Gasteiger partial charge in [-0.25, -0.2) is 0 Å². The van der Waals surface area contributed by atoms with Crippen LogP contribution in [0.4, 0.5) is 13.2 Å². The van der Waals surface area contributed by atoms with Crippen LogP contribution in [-0.2, 0) is 13.0 Å². The first-order chi connectivity index (χ1) is 16.5. The summed E-state index contributed by atoms with van der Waals surface area (Å²) in [5.41, 5.74) is 3.68. The van der Waals surface area contributed by atoms with E-state index in [1.807, 2.05) is 24.3 Å². The number of benzene rings is 3. The minimum atomic E-state index is -4.21. The second kappa shape index (κ2) is 9.93. The number of piperidine rings is 3. The van der Waals surface area contributed by atoms with Crippen molar-refractivity contribution in [3.63, 3.8) is 0 Å². The Bertz CT molecular complexity index is 1020. The van der Waals surface area contributed by atoms with Gasteiger partial charge in [-0.1, -0.05) is 84.9 Å². The molecule has 34 heavy (non-hydrogen) atoms. The van der Waals surface area contributed by atoms with E-state index in [-0.39, 0.29) is 18.0 Å². The molecule has 0 spiro atoms. The summed E-state index contributed by atoms with van der Waals surface area (Å²) in [4.78, 5) is 2.60. The third kappa shape index (κ3) is 5.06. The quantitative estimate of drug-likeness (QED) is 0.449. The molecule has 2 bridgehead atoms. The Balaban J connectivity index is 1.46. The predicted octanol–water partition coefficient (Wildman–Crippen LogP) is 6.18. The van der Waals surface area contributed by atoms with E-state index in [1.165, 1.54) is 11.1 Å². The molecule has 178 valence electrons. The summed E-state index contributed by atoms with van der Waals surface area (Å²) in [6.07, 6.45) is -2.82. The van der Waals surface area contributed by atoms with Crippen molar-refractivity contribution in [2.45, 2.75) is 50.0 Å². The Hall–Kier alpha value is -2.63. The number of fused-ring (bicyclic) bond motifs is 3. The van der Waals surface area contributed by atoms with Crippen LogP contribution in [0, 0.1) is 5.92 Å². The molecule has 5 heteroatoms. The molecule has 6 rings (SSSR count). The highest BCUT2D eigenvalue weighted by Gasteiger charge is 2.46. The van der Waals surface area contributed by atoms with E-state index in [0.717, 1.165) is 31.5 Å². The summed E-state index contributed by atoms with van der Waals surface area (Å²) in [5, 5.41) is 3.76. The topological polar surface area (TPSA) is 15.3 Å². The molecule has 3 aromatic rings. The van der Waals surface area contributed by atoms with Crippen molar-refractivity contribution in [3.05, 3.63) is 107 Å². The molecule has 1 N–H and O–H groups in total. The zero-order valence-corrected chi connectivity index (χ0v) is 19.2. The SMILES string of the molecule is FC(F)(F)Cc1ccccc1CNC1C2CCN(CC2)C1C(c1ccccc1)c1ccccc1. The number of nitrogens with zero attached hydrogens (tertiary/aromatic N) is 1. The summed E-state index contributed by atoms with van der Waals surface area (Å²) in [5.74, 6) is 0.730. The maximum absolute atomic E-state index is 13.2. The number of rotatable bonds is 7. The standard InChI is InChI=1S/C29H31F3N2/c30-29(31,32)19-24-13-7-8-14-25(24)20-33-27-23-15-17-34(18-16-23)28(27)26(21-9-3-1-4-10-21)22-11-5-2-6-12-22/h1-14,23,26-28,33H,15-20H2. The van der Waals surface area contributed by atoms with Crippen molar-refractivity contribution < 1.29 is 13.2 Å². The van der Waals surface area contributed by atoms with Gasteiger partial charge in [0.05, 0.1) is 6.42 Å². The maximum atomic E-state index is 13.2. The van der Waals surface area contributed by atoms with Crippen LogP contribution in [0.3, 0.4) is 0 Å². The molecule has 0 saturated carbocycles. The van der Waals surface area contributed by atoms with Gasteiger partial charge in [-0.15, -0.1) is 0 Å². The van der Waals surface area contributed by atoms with Crippen LogP contribution in [0.2, 0.25) is 0 Å². The van der Waals surface area contributed by atoms with Gasteiger partial charge in [-0.2, -0.15) is 13.2 Å². The normalized spacial score (nSPS) is 24.5. The van der Waals surface area contributed by atoms with Crippen molar-refractivity contribution in [1.29, 1.82) is 0 Å². The third-order valence-corrected chi connectivity index (χ3v) is 7.57. The average molecular weight is 465 g/mol. The van der Waals surface area contributed by atoms with Crippen LogP contribution in [0.5, 0.6) is 0 Å². The number of hydrogen-bond donors (Lipinski definition) is 1. The molecule has 0 radical (unpaired) electrons. The molecule has 2 unspecified atom stereocenters. The molecule has 3 heterocycles. The zero-order valence-electron chi connectivity index (χ0n) is 19.2. The highest BCUT2D eigenvalue weighted by atomic mass is 19.4. The van der Waals surface area contributed by atoms with E-state index < -0.39 is 12.6 Å². The Morgan fingerprint density at radius 1 is 0.765 bits per heavy atom. The molecular weight excluding hydrogens is 433 g/mol. The molecule has 0 aromatic heterocycles. The number of halogens is 3. The second-order valence-electron chi connectivity index (χ2n) is 9.63. The first kappa shape index (κ1) is 23.1. The monoisotopic (exact) mass is 464 g/mol. The van der Waals surface area contributed by atoms with E-state index in [2.05, 4.69) is 58.7 Å². The molecular formula is C29H31F3N2. The smallest absolute Gasteiger partial charge is 0.308 e. The molecule has 0 amide bonds. The van der Waals surface area contributed by atoms with Crippen molar-refractivity contribution in [2.24, 2.45) is 5.92 Å². The van der Waals surface area contributed by atoms with Gasteiger partial charge in [0.2, 0.25) is 0 Å². The van der Waals surface area contributed by atoms with Crippen LogP contribution in [-0.4, -0.2) is 36.2 Å². The first-order valence-electron chi connectivity index (χ1n) is 12.2. The lowest BCUT2D eigenvalue weighted by Gasteiger charge is -2.54. The van der Waals surface area contributed by atoms with Gasteiger partial charge in [-0.3, -0.25) is 4.90 Å². The lowest BCUT2D eigenvalue weighted by Crippen LogP contribution is -2.64. The largest absolute Gasteiger partial charge is 0.393 e. The number of hydrogen-bond acceptors (Lipinski definition) is 2. The van der Waals surface area contributed by atoms with Gasteiger partial charge >= 0.3 is 6.18 Å². The molecule has 3 aromatic carbocycles. The summed E-state index contributed by atoms with van der Waals surface area (Å²) < 4.78 is 39.5. The van der Waals surface area contributed by atoms with E-state index in [9.17, 15) is 13.2 Å². The first-order valence-corrected chi connectivity index (χ1v) is 12.2. The molecule has 3 aliphatic heterocycles. The van der Waals surface area contributed by atoms with Gasteiger partial charge in [-0.05, 0) is 54.1 Å². The van der Waals surface area contributed by atoms with Crippen LogP contribution >= 0.6 is 0 Å². The Morgan fingerprint density at radius 3 is 1.85 bits per heavy atom. The zero-order chi connectivity index (χ0) is 23.5. The van der Waals surface area contributed by atoms with Gasteiger partial charge in [0.25, 0.3) is 0 Å². The fourth-order valence-corrected chi connectivity index (χ4v) is 6.04. The van der Waals surface area contributed by atoms with Crippen LogP contribution in [0.25, 0.3) is 0 Å². The highest BCUT2D eigenvalue weighted by Crippen LogP contribution is 2.42. The summed E-state index contributed by atoms with van der Waals surface area (Å²) in [6, 6.07) is 28.7. The highest BCUT2D eigenvalue weighted by molar-refractivity contribution is 5.36. The fraction of sp³-hybridized carbons (Fsp3) is 0.379. The second-order valence-corrected chi connectivity index (χ2v) is 9.63. The van der Waals surface area contributed by atoms with Crippen molar-refractivity contribution in [2.75, 3.05) is 13.1 Å². The predicted molar refractivity (Wildman–Crippen MR) is 130 cm³/mol. The Labute approximate surface area is 199 Å². The minimum absolute atomic E-state index is 0.202. The van der Waals surface area contributed by atoms with Gasteiger partial charge in [0, 0.05) is 24.5 Å². The summed E-state index contributed by atoms with van der Waals surface area (Å²) >= 11 is 0. The minimum Gasteiger partial charge on any atom is -0.308 e. The summed E-state index contributed by atoms with van der Waals surface area (Å²) in [6.45, 7) is 2.61. The fourth-order valence-electron chi connectivity index (χ4n) is 6.04. The van der Waals surface area contributed by atoms with Crippen molar-refractivity contribution >= 4 is 0 Å². The van der Waals surface area contributed by atoms with Crippen molar-refractivity contribution in [1.82, 2.24) is 10.2 Å². The molecule has 2 atom stereocenters. The Kier molecular flexibility index (Phi) is 6.75. The lowest BCUT2D eigenvalue weighted by molar-refractivity contribution is -0.127.